The van der Waals surface area contributed by atoms with E-state index in [-0.39, 0.29) is 29.0 Å². The van der Waals surface area contributed by atoms with Gasteiger partial charge < -0.3 is 9.64 Å². The van der Waals surface area contributed by atoms with E-state index < -0.39 is 5.82 Å². The van der Waals surface area contributed by atoms with Gasteiger partial charge in [0.1, 0.15) is 18.2 Å². The first-order valence-corrected chi connectivity index (χ1v) is 8.44. The van der Waals surface area contributed by atoms with Crippen LogP contribution in [0.15, 0.2) is 30.6 Å². The zero-order chi connectivity index (χ0) is 18.3. The van der Waals surface area contributed by atoms with Gasteiger partial charge in [-0.15, -0.1) is 0 Å². The number of aromatic nitrogens is 4. The van der Waals surface area contributed by atoms with Crippen molar-refractivity contribution in [2.75, 3.05) is 13.1 Å². The molecule has 7 nitrogen and oxygen atoms in total. The van der Waals surface area contributed by atoms with Crippen LogP contribution in [0.5, 0.6) is 5.88 Å². The summed E-state index contributed by atoms with van der Waals surface area (Å²) in [5.74, 6) is 0.328. The molecule has 3 heterocycles. The zero-order valence-electron chi connectivity index (χ0n) is 13.9. The fourth-order valence-electron chi connectivity index (χ4n) is 2.83. The number of carbonyl (C=O) groups excluding carboxylic acids is 1. The first-order valence-electron chi connectivity index (χ1n) is 8.06. The Morgan fingerprint density at radius 2 is 2.23 bits per heavy atom. The number of nitrogens with zero attached hydrogens (tertiary/aromatic N) is 5. The predicted octanol–water partition coefficient (Wildman–Crippen LogP) is 2.06. The molecular weight excluding hydrogens is 361 g/mol. The molecule has 1 amide bonds. The normalized spacial score (nSPS) is 14.5. The Morgan fingerprint density at radius 3 is 3.00 bits per heavy atom. The summed E-state index contributed by atoms with van der Waals surface area (Å²) in [6.45, 7) is 2.68. The summed E-state index contributed by atoms with van der Waals surface area (Å²) in [4.78, 5) is 22.2. The number of carbonyl (C=O) groups is 1. The highest BCUT2D eigenvalue weighted by Gasteiger charge is 2.33. The number of rotatable bonds is 4. The van der Waals surface area contributed by atoms with Crippen LogP contribution in [0.4, 0.5) is 4.39 Å². The summed E-state index contributed by atoms with van der Waals surface area (Å²) in [5.41, 5.74) is 0.986. The largest absolute Gasteiger partial charge is 0.470 e. The molecule has 0 radical (unpaired) electrons. The molecule has 1 aliphatic heterocycles. The van der Waals surface area contributed by atoms with Gasteiger partial charge in [-0.05, 0) is 19.1 Å². The van der Waals surface area contributed by atoms with Crippen LogP contribution in [0.25, 0.3) is 5.78 Å². The Balaban J connectivity index is 1.39. The van der Waals surface area contributed by atoms with Crippen LogP contribution in [0.1, 0.15) is 11.3 Å². The molecule has 1 aliphatic rings. The van der Waals surface area contributed by atoms with Gasteiger partial charge in [0, 0.05) is 22.3 Å². The van der Waals surface area contributed by atoms with Gasteiger partial charge in [-0.25, -0.2) is 9.37 Å². The highest BCUT2D eigenvalue weighted by molar-refractivity contribution is 6.31. The van der Waals surface area contributed by atoms with Crippen molar-refractivity contribution in [3.8, 4) is 5.88 Å². The van der Waals surface area contributed by atoms with Gasteiger partial charge >= 0.3 is 0 Å². The Labute approximate surface area is 153 Å². The van der Waals surface area contributed by atoms with E-state index in [1.165, 1.54) is 23.0 Å². The molecule has 0 bridgehead atoms. The standard InChI is InChI=1S/C17H15ClFN5O2/c1-10-5-16(24-17(22-10)20-9-21-24)26-11-7-23(8-11)15(25)6-12-13(18)3-2-4-14(12)19/h2-5,9,11H,6-8H2,1H3. The van der Waals surface area contributed by atoms with E-state index in [1.54, 1.807) is 17.0 Å². The van der Waals surface area contributed by atoms with E-state index in [9.17, 15) is 9.18 Å². The molecular formula is C17H15ClFN5O2. The summed E-state index contributed by atoms with van der Waals surface area (Å²) >= 11 is 5.98. The second-order valence-electron chi connectivity index (χ2n) is 6.12. The number of halogens is 2. The molecule has 3 aromatic rings. The van der Waals surface area contributed by atoms with Gasteiger partial charge in [0.15, 0.2) is 0 Å². The van der Waals surface area contributed by atoms with Crippen molar-refractivity contribution >= 4 is 23.3 Å². The first-order chi connectivity index (χ1) is 12.5. The average molecular weight is 376 g/mol. The second kappa shape index (κ2) is 6.53. The number of hydrogen-bond donors (Lipinski definition) is 0. The molecule has 0 N–H and O–H groups in total. The third kappa shape index (κ3) is 3.08. The van der Waals surface area contributed by atoms with Crippen LogP contribution in [-0.2, 0) is 11.2 Å². The number of hydrogen-bond acceptors (Lipinski definition) is 5. The number of ether oxygens (including phenoxy) is 1. The van der Waals surface area contributed by atoms with Crippen molar-refractivity contribution in [2.45, 2.75) is 19.4 Å². The molecule has 0 saturated carbocycles. The zero-order valence-corrected chi connectivity index (χ0v) is 14.6. The van der Waals surface area contributed by atoms with Crippen molar-refractivity contribution in [2.24, 2.45) is 0 Å². The quantitative estimate of drug-likeness (QED) is 0.698. The SMILES string of the molecule is Cc1cc(OC2CN(C(=O)Cc3c(F)cccc3Cl)C2)n2ncnc2n1. The molecule has 0 atom stereocenters. The number of benzene rings is 1. The summed E-state index contributed by atoms with van der Waals surface area (Å²) in [6.07, 6.45) is 1.17. The summed E-state index contributed by atoms with van der Waals surface area (Å²) in [5, 5.41) is 4.34. The van der Waals surface area contributed by atoms with Gasteiger partial charge in [0.05, 0.1) is 19.5 Å². The van der Waals surface area contributed by atoms with Gasteiger partial charge in [-0.1, -0.05) is 17.7 Å². The van der Waals surface area contributed by atoms with E-state index >= 15 is 0 Å². The van der Waals surface area contributed by atoms with Crippen LogP contribution in [0, 0.1) is 12.7 Å². The third-order valence-electron chi connectivity index (χ3n) is 4.23. The lowest BCUT2D eigenvalue weighted by molar-refractivity contribution is -0.139. The molecule has 4 rings (SSSR count). The minimum atomic E-state index is -0.472. The van der Waals surface area contributed by atoms with Gasteiger partial charge in [0.2, 0.25) is 11.8 Å². The maximum atomic E-state index is 13.8. The molecule has 0 aliphatic carbocycles. The van der Waals surface area contributed by atoms with Crippen molar-refractivity contribution in [1.82, 2.24) is 24.5 Å². The van der Waals surface area contributed by atoms with Crippen LogP contribution in [-0.4, -0.2) is 49.6 Å². The minimum absolute atomic E-state index is 0.0695. The van der Waals surface area contributed by atoms with E-state index in [4.69, 9.17) is 16.3 Å². The van der Waals surface area contributed by atoms with Gasteiger partial charge in [-0.2, -0.15) is 14.6 Å². The summed E-state index contributed by atoms with van der Waals surface area (Å²) < 4.78 is 21.2. The Morgan fingerprint density at radius 1 is 1.42 bits per heavy atom. The fourth-order valence-corrected chi connectivity index (χ4v) is 3.06. The number of likely N-dealkylation sites (tertiary alicyclic amines) is 1. The average Bonchev–Trinajstić information content (AvgIpc) is 3.02. The van der Waals surface area contributed by atoms with Crippen molar-refractivity contribution in [3.05, 3.63) is 52.7 Å². The highest BCUT2D eigenvalue weighted by Crippen LogP contribution is 2.23. The molecule has 26 heavy (non-hydrogen) atoms. The van der Waals surface area contributed by atoms with E-state index in [2.05, 4.69) is 15.1 Å². The van der Waals surface area contributed by atoms with Crippen molar-refractivity contribution < 1.29 is 13.9 Å². The lowest BCUT2D eigenvalue weighted by Gasteiger charge is -2.39. The van der Waals surface area contributed by atoms with Gasteiger partial charge in [0.25, 0.3) is 5.78 Å². The molecule has 0 unspecified atom stereocenters. The third-order valence-corrected chi connectivity index (χ3v) is 4.58. The van der Waals surface area contributed by atoms with Crippen LogP contribution in [0.2, 0.25) is 5.02 Å². The molecule has 134 valence electrons. The number of aryl methyl sites for hydroxylation is 1. The highest BCUT2D eigenvalue weighted by atomic mass is 35.5. The Hall–Kier alpha value is -2.74. The first kappa shape index (κ1) is 16.7. The Bertz CT molecular complexity index is 966. The van der Waals surface area contributed by atoms with E-state index in [0.29, 0.717) is 24.7 Å². The summed E-state index contributed by atoms with van der Waals surface area (Å²) in [6, 6.07) is 6.15. The van der Waals surface area contributed by atoms with E-state index in [0.717, 1.165) is 5.69 Å². The maximum Gasteiger partial charge on any atom is 0.255 e. The predicted molar refractivity (Wildman–Crippen MR) is 91.6 cm³/mol. The number of fused-ring (bicyclic) bond motifs is 1. The van der Waals surface area contributed by atoms with Gasteiger partial charge in [-0.3, -0.25) is 4.79 Å². The number of amides is 1. The molecule has 9 heteroatoms. The molecule has 1 saturated heterocycles. The maximum absolute atomic E-state index is 13.8. The van der Waals surface area contributed by atoms with E-state index in [1.807, 2.05) is 6.92 Å². The monoisotopic (exact) mass is 375 g/mol. The van der Waals surface area contributed by atoms with Crippen molar-refractivity contribution in [3.63, 3.8) is 0 Å². The van der Waals surface area contributed by atoms with Crippen LogP contribution in [0.3, 0.4) is 0 Å². The second-order valence-corrected chi connectivity index (χ2v) is 6.53. The molecule has 0 spiro atoms. The smallest absolute Gasteiger partial charge is 0.255 e. The topological polar surface area (TPSA) is 72.6 Å². The molecule has 1 fully saturated rings. The molecule has 1 aromatic carbocycles. The summed E-state index contributed by atoms with van der Waals surface area (Å²) in [7, 11) is 0. The fraction of sp³-hybridized carbons (Fsp3) is 0.294. The van der Waals surface area contributed by atoms with Crippen molar-refractivity contribution in [1.29, 1.82) is 0 Å². The minimum Gasteiger partial charge on any atom is -0.470 e. The van der Waals surface area contributed by atoms with Crippen LogP contribution >= 0.6 is 11.6 Å². The van der Waals surface area contributed by atoms with Crippen LogP contribution < -0.4 is 4.74 Å². The molecule has 2 aromatic heterocycles. The lowest BCUT2D eigenvalue weighted by Crippen LogP contribution is -2.56. The Kier molecular flexibility index (Phi) is 4.20. The lowest BCUT2D eigenvalue weighted by atomic mass is 10.1.